The zero-order valence-corrected chi connectivity index (χ0v) is 16.5. The third-order valence-electron chi connectivity index (χ3n) is 5.41. The topological polar surface area (TPSA) is 114 Å². The maximum atomic E-state index is 12.8. The molecular formula is C20H22F3N5O3. The van der Waals surface area contributed by atoms with E-state index < -0.39 is 23.6 Å². The van der Waals surface area contributed by atoms with Crippen LogP contribution >= 0.6 is 0 Å². The van der Waals surface area contributed by atoms with E-state index in [1.165, 1.54) is 11.0 Å². The molecule has 1 saturated carbocycles. The number of hydrogen-bond donors (Lipinski definition) is 3. The summed E-state index contributed by atoms with van der Waals surface area (Å²) >= 11 is 0. The number of carbonyl (C=O) groups excluding carboxylic acids is 1. The number of nitrogens with zero attached hydrogens (tertiary/aromatic N) is 3. The van der Waals surface area contributed by atoms with Gasteiger partial charge in [-0.3, -0.25) is 4.79 Å². The summed E-state index contributed by atoms with van der Waals surface area (Å²) in [6.45, 7) is 0.482. The molecule has 1 aliphatic carbocycles. The highest BCUT2D eigenvalue weighted by atomic mass is 19.4. The fourth-order valence-corrected chi connectivity index (χ4v) is 3.54. The van der Waals surface area contributed by atoms with E-state index in [0.29, 0.717) is 17.7 Å². The number of piperidine rings is 1. The van der Waals surface area contributed by atoms with Crippen LogP contribution < -0.4 is 15.8 Å². The number of anilines is 2. The monoisotopic (exact) mass is 437 g/mol. The second kappa shape index (κ2) is 7.88. The first-order valence-electron chi connectivity index (χ1n) is 9.90. The second-order valence-electron chi connectivity index (χ2n) is 7.80. The van der Waals surface area contributed by atoms with E-state index >= 15 is 0 Å². The minimum atomic E-state index is -4.84. The molecule has 2 aliphatic rings. The van der Waals surface area contributed by atoms with E-state index in [4.69, 9.17) is 5.73 Å². The molecule has 0 unspecified atom stereocenters. The van der Waals surface area contributed by atoms with Gasteiger partial charge in [-0.1, -0.05) is 0 Å². The number of ether oxygens (including phenoxy) is 1. The number of likely N-dealkylation sites (tertiary alicyclic amines) is 1. The molecule has 2 fully saturated rings. The lowest BCUT2D eigenvalue weighted by Crippen LogP contribution is -2.45. The maximum Gasteiger partial charge on any atom is 0.573 e. The Morgan fingerprint density at radius 2 is 1.97 bits per heavy atom. The molecule has 0 radical (unpaired) electrons. The molecule has 0 bridgehead atoms. The fourth-order valence-electron chi connectivity index (χ4n) is 3.54. The number of halogens is 3. The number of nitrogens with one attached hydrogen (secondary N) is 1. The number of aromatic nitrogens is 2. The van der Waals surface area contributed by atoms with Crippen molar-refractivity contribution < 1.29 is 27.8 Å². The summed E-state index contributed by atoms with van der Waals surface area (Å²) in [6.07, 6.45) is -0.595. The van der Waals surface area contributed by atoms with Crippen LogP contribution in [0.5, 0.6) is 5.75 Å². The number of hydrogen-bond acceptors (Lipinski definition) is 7. The third-order valence-corrected chi connectivity index (χ3v) is 5.41. The smallest absolute Gasteiger partial charge is 0.406 e. The maximum absolute atomic E-state index is 12.8. The van der Waals surface area contributed by atoms with Crippen LogP contribution in [0.4, 0.5) is 24.8 Å². The summed E-state index contributed by atoms with van der Waals surface area (Å²) in [5.41, 5.74) is 5.05. The van der Waals surface area contributed by atoms with Crippen LogP contribution in [-0.4, -0.2) is 51.4 Å². The van der Waals surface area contributed by atoms with Crippen LogP contribution in [0, 0.1) is 0 Å². The molecule has 31 heavy (non-hydrogen) atoms. The number of aliphatic hydroxyl groups is 1. The minimum absolute atomic E-state index is 0.0814. The first-order chi connectivity index (χ1) is 14.6. The van der Waals surface area contributed by atoms with Crippen molar-refractivity contribution in [2.45, 2.75) is 43.7 Å². The van der Waals surface area contributed by atoms with E-state index in [-0.39, 0.29) is 37.2 Å². The largest absolute Gasteiger partial charge is 0.573 e. The summed E-state index contributed by atoms with van der Waals surface area (Å²) in [5, 5.41) is 14.3. The van der Waals surface area contributed by atoms with Gasteiger partial charge in [0.05, 0.1) is 11.3 Å². The van der Waals surface area contributed by atoms with Crippen molar-refractivity contribution in [3.63, 3.8) is 0 Å². The highest BCUT2D eigenvalue weighted by Crippen LogP contribution is 2.34. The Hall–Kier alpha value is -3.08. The predicted molar refractivity (Wildman–Crippen MR) is 105 cm³/mol. The number of rotatable bonds is 5. The van der Waals surface area contributed by atoms with Gasteiger partial charge in [0.1, 0.15) is 11.4 Å². The molecule has 4 rings (SSSR count). The molecule has 11 heteroatoms. The van der Waals surface area contributed by atoms with Crippen molar-refractivity contribution >= 4 is 17.5 Å². The zero-order chi connectivity index (χ0) is 22.2. The molecule has 1 aromatic carbocycles. The lowest BCUT2D eigenvalue weighted by molar-refractivity contribution is -0.274. The van der Waals surface area contributed by atoms with Crippen LogP contribution in [0.15, 0.2) is 30.5 Å². The number of amides is 1. The van der Waals surface area contributed by atoms with E-state index in [2.05, 4.69) is 20.0 Å². The van der Waals surface area contributed by atoms with Crippen LogP contribution in [-0.2, 0) is 5.60 Å². The van der Waals surface area contributed by atoms with Gasteiger partial charge in [0.25, 0.3) is 5.91 Å². The van der Waals surface area contributed by atoms with Crippen LogP contribution in [0.25, 0.3) is 0 Å². The van der Waals surface area contributed by atoms with Crippen LogP contribution in [0.3, 0.4) is 0 Å². The van der Waals surface area contributed by atoms with Gasteiger partial charge in [-0.05, 0) is 43.9 Å². The lowest BCUT2D eigenvalue weighted by atomic mass is 9.87. The molecule has 166 valence electrons. The predicted octanol–water partition coefficient (Wildman–Crippen LogP) is 2.66. The first-order valence-corrected chi connectivity index (χ1v) is 9.90. The Morgan fingerprint density at radius 1 is 1.26 bits per heavy atom. The molecular weight excluding hydrogens is 415 g/mol. The second-order valence-corrected chi connectivity index (χ2v) is 7.80. The molecule has 0 spiro atoms. The molecule has 4 N–H and O–H groups in total. The third kappa shape index (κ3) is 4.98. The van der Waals surface area contributed by atoms with Gasteiger partial charge in [-0.15, -0.1) is 13.2 Å². The summed E-state index contributed by atoms with van der Waals surface area (Å²) in [6, 6.07) is 5.26. The summed E-state index contributed by atoms with van der Waals surface area (Å²) in [5.74, 6) is -0.438. The van der Waals surface area contributed by atoms with Gasteiger partial charge in [-0.2, -0.15) is 0 Å². The molecule has 2 aromatic rings. The molecule has 1 aliphatic heterocycles. The van der Waals surface area contributed by atoms with Gasteiger partial charge in [0, 0.05) is 37.1 Å². The lowest BCUT2D eigenvalue weighted by Gasteiger charge is -2.38. The summed E-state index contributed by atoms with van der Waals surface area (Å²) in [7, 11) is 0. The normalized spacial score (nSPS) is 18.5. The highest BCUT2D eigenvalue weighted by Gasteiger charge is 2.38. The average molecular weight is 437 g/mol. The minimum Gasteiger partial charge on any atom is -0.406 e. The Labute approximate surface area is 176 Å². The average Bonchev–Trinajstić information content (AvgIpc) is 3.51. The quantitative estimate of drug-likeness (QED) is 0.617. The number of nitrogen functional groups attached to an aromatic ring is 1. The SMILES string of the molecule is Nc1cc(OC(F)(F)F)ccc1C(=O)N1CCC(O)(c2ccnc(NC3CC3)n2)CC1. The Morgan fingerprint density at radius 3 is 2.58 bits per heavy atom. The molecule has 0 atom stereocenters. The highest BCUT2D eigenvalue weighted by molar-refractivity contribution is 5.99. The Bertz CT molecular complexity index is 973. The first kappa shape index (κ1) is 21.2. The Kier molecular flexibility index (Phi) is 5.38. The van der Waals surface area contributed by atoms with Crippen molar-refractivity contribution in [2.75, 3.05) is 24.1 Å². The molecule has 2 heterocycles. The van der Waals surface area contributed by atoms with Gasteiger partial charge < -0.3 is 25.8 Å². The molecule has 8 nitrogen and oxygen atoms in total. The van der Waals surface area contributed by atoms with Gasteiger partial charge in [-0.25, -0.2) is 9.97 Å². The summed E-state index contributed by atoms with van der Waals surface area (Å²) < 4.78 is 40.9. The summed E-state index contributed by atoms with van der Waals surface area (Å²) in [4.78, 5) is 22.9. The van der Waals surface area contributed by atoms with Gasteiger partial charge >= 0.3 is 6.36 Å². The number of benzene rings is 1. The Balaban J connectivity index is 1.42. The van der Waals surface area contributed by atoms with E-state index in [1.54, 1.807) is 12.3 Å². The van der Waals surface area contributed by atoms with Gasteiger partial charge in [0.15, 0.2) is 0 Å². The number of carbonyl (C=O) groups is 1. The molecule has 1 saturated heterocycles. The standard InChI is InChI=1S/C20H22F3N5O3/c21-20(22,23)31-13-3-4-14(15(24)11-13)17(29)28-9-6-19(30,7-10-28)16-5-8-25-18(27-16)26-12-1-2-12/h3-5,8,11-12,30H,1-2,6-7,9-10,24H2,(H,25,26,27). The van der Waals surface area contributed by atoms with Crippen molar-refractivity contribution in [3.05, 3.63) is 41.7 Å². The van der Waals surface area contributed by atoms with Gasteiger partial charge in [0.2, 0.25) is 5.95 Å². The van der Waals surface area contributed by atoms with Crippen molar-refractivity contribution in [3.8, 4) is 5.75 Å². The van der Waals surface area contributed by atoms with Crippen molar-refractivity contribution in [1.29, 1.82) is 0 Å². The van der Waals surface area contributed by atoms with Crippen LogP contribution in [0.1, 0.15) is 41.7 Å². The van der Waals surface area contributed by atoms with Crippen LogP contribution in [0.2, 0.25) is 0 Å². The molecule has 1 aromatic heterocycles. The van der Waals surface area contributed by atoms with E-state index in [1.807, 2.05) is 0 Å². The fraction of sp³-hybridized carbons (Fsp3) is 0.450. The molecule has 1 amide bonds. The van der Waals surface area contributed by atoms with E-state index in [9.17, 15) is 23.1 Å². The number of nitrogens with two attached hydrogens (primary N) is 1. The number of alkyl halides is 3. The van der Waals surface area contributed by atoms with E-state index in [0.717, 1.165) is 25.0 Å². The zero-order valence-electron chi connectivity index (χ0n) is 16.5. The van der Waals surface area contributed by atoms with Crippen molar-refractivity contribution in [1.82, 2.24) is 14.9 Å². The van der Waals surface area contributed by atoms with Crippen molar-refractivity contribution in [2.24, 2.45) is 0 Å².